The topological polar surface area (TPSA) is 77.1 Å². The van der Waals surface area contributed by atoms with Crippen LogP contribution in [0.2, 0.25) is 10.0 Å². The fourth-order valence-corrected chi connectivity index (χ4v) is 3.87. The van der Waals surface area contributed by atoms with Gasteiger partial charge in [0.15, 0.2) is 5.82 Å². The van der Waals surface area contributed by atoms with Crippen molar-refractivity contribution in [2.24, 2.45) is 0 Å². The summed E-state index contributed by atoms with van der Waals surface area (Å²) < 4.78 is 6.62. The summed E-state index contributed by atoms with van der Waals surface area (Å²) in [5.41, 5.74) is 1.67. The van der Waals surface area contributed by atoms with Crippen molar-refractivity contribution in [1.82, 2.24) is 19.9 Å². The van der Waals surface area contributed by atoms with Gasteiger partial charge >= 0.3 is 0 Å². The second kappa shape index (κ2) is 7.80. The van der Waals surface area contributed by atoms with Crippen molar-refractivity contribution in [1.29, 1.82) is 0 Å². The predicted molar refractivity (Wildman–Crippen MR) is 112 cm³/mol. The molecule has 1 fully saturated rings. The second-order valence-electron chi connectivity index (χ2n) is 7.49. The number of hydrogen-bond donors (Lipinski definition) is 0. The third-order valence-corrected chi connectivity index (χ3v) is 5.87. The summed E-state index contributed by atoms with van der Waals surface area (Å²) in [6, 6.07) is 5.23. The van der Waals surface area contributed by atoms with Crippen molar-refractivity contribution < 1.29 is 4.52 Å². The molecule has 0 amide bonds. The first-order valence-corrected chi connectivity index (χ1v) is 10.3. The molecule has 1 atom stereocenters. The van der Waals surface area contributed by atoms with Crippen LogP contribution in [0.3, 0.4) is 0 Å². The maximum absolute atomic E-state index is 12.9. The molecule has 0 bridgehead atoms. The van der Waals surface area contributed by atoms with Gasteiger partial charge in [-0.15, -0.1) is 0 Å². The molecule has 1 aliphatic rings. The molecule has 1 aliphatic heterocycles. The third-order valence-electron chi connectivity index (χ3n) is 5.11. The van der Waals surface area contributed by atoms with E-state index in [9.17, 15) is 4.79 Å². The molecular weight excluding hydrogens is 413 g/mol. The van der Waals surface area contributed by atoms with Crippen molar-refractivity contribution in [3.63, 3.8) is 0 Å². The van der Waals surface area contributed by atoms with Crippen LogP contribution in [-0.4, -0.2) is 26.5 Å². The Labute approximate surface area is 178 Å². The standard InChI is InChI=1S/C20H21Cl2N5O2/c1-11(2)19-24-18(25-29-19)15-5-4-8-26(15)16-10-23-27(20(28)17(16)22)13-7-6-12(3)14(21)9-13/h6-7,9-11,15H,4-5,8H2,1-3H3. The largest absolute Gasteiger partial charge is 0.358 e. The minimum Gasteiger partial charge on any atom is -0.358 e. The normalized spacial score (nSPS) is 16.8. The van der Waals surface area contributed by atoms with Crippen molar-refractivity contribution in [3.8, 4) is 5.69 Å². The van der Waals surface area contributed by atoms with Crippen molar-refractivity contribution >= 4 is 28.9 Å². The highest BCUT2D eigenvalue weighted by molar-refractivity contribution is 6.33. The summed E-state index contributed by atoms with van der Waals surface area (Å²) in [5.74, 6) is 1.36. The maximum Gasteiger partial charge on any atom is 0.292 e. The summed E-state index contributed by atoms with van der Waals surface area (Å²) in [7, 11) is 0. The molecule has 4 rings (SSSR count). The Hall–Kier alpha value is -2.38. The average Bonchev–Trinajstić information content (AvgIpc) is 3.35. The minimum atomic E-state index is -0.397. The van der Waals surface area contributed by atoms with Crippen LogP contribution < -0.4 is 10.5 Å². The molecule has 0 radical (unpaired) electrons. The Morgan fingerprint density at radius 1 is 1.28 bits per heavy atom. The van der Waals surface area contributed by atoms with Gasteiger partial charge in [-0.05, 0) is 37.5 Å². The summed E-state index contributed by atoms with van der Waals surface area (Å²) >= 11 is 12.7. The zero-order valence-corrected chi connectivity index (χ0v) is 17.9. The van der Waals surface area contributed by atoms with Gasteiger partial charge < -0.3 is 9.42 Å². The minimum absolute atomic E-state index is 0.102. The van der Waals surface area contributed by atoms with Gasteiger partial charge in [0.25, 0.3) is 5.56 Å². The fraction of sp³-hybridized carbons (Fsp3) is 0.400. The number of nitrogens with zero attached hydrogens (tertiary/aromatic N) is 5. The number of benzene rings is 1. The van der Waals surface area contributed by atoms with Gasteiger partial charge in [0.05, 0.1) is 23.6 Å². The SMILES string of the molecule is Cc1ccc(-n2ncc(N3CCCC3c3noc(C(C)C)n3)c(Cl)c2=O)cc1Cl. The quantitative estimate of drug-likeness (QED) is 0.593. The molecule has 152 valence electrons. The molecule has 29 heavy (non-hydrogen) atoms. The molecule has 2 aromatic heterocycles. The Morgan fingerprint density at radius 3 is 2.76 bits per heavy atom. The number of hydrogen-bond acceptors (Lipinski definition) is 6. The van der Waals surface area contributed by atoms with E-state index in [2.05, 4.69) is 15.2 Å². The molecule has 7 nitrogen and oxygen atoms in total. The van der Waals surface area contributed by atoms with E-state index in [1.807, 2.05) is 31.7 Å². The van der Waals surface area contributed by atoms with E-state index in [4.69, 9.17) is 27.7 Å². The molecule has 1 saturated heterocycles. The zero-order chi connectivity index (χ0) is 20.7. The van der Waals surface area contributed by atoms with Crippen LogP contribution in [0.25, 0.3) is 5.69 Å². The van der Waals surface area contributed by atoms with Gasteiger partial charge in [-0.1, -0.05) is 48.3 Å². The molecule has 1 unspecified atom stereocenters. The number of rotatable bonds is 4. The van der Waals surface area contributed by atoms with Crippen molar-refractivity contribution in [3.05, 3.63) is 62.1 Å². The Bertz CT molecular complexity index is 1110. The van der Waals surface area contributed by atoms with Gasteiger partial charge in [0.1, 0.15) is 5.02 Å². The highest BCUT2D eigenvalue weighted by Gasteiger charge is 2.32. The molecule has 0 aliphatic carbocycles. The van der Waals surface area contributed by atoms with Crippen LogP contribution in [0.15, 0.2) is 33.7 Å². The lowest BCUT2D eigenvalue weighted by Gasteiger charge is -2.25. The van der Waals surface area contributed by atoms with E-state index >= 15 is 0 Å². The molecule has 3 aromatic rings. The third kappa shape index (κ3) is 3.65. The Balaban J connectivity index is 1.70. The molecule has 3 heterocycles. The monoisotopic (exact) mass is 433 g/mol. The highest BCUT2D eigenvalue weighted by Crippen LogP contribution is 2.37. The fourth-order valence-electron chi connectivity index (χ4n) is 3.46. The molecule has 0 saturated carbocycles. The molecular formula is C20H21Cl2N5O2. The lowest BCUT2D eigenvalue weighted by Crippen LogP contribution is -2.29. The van der Waals surface area contributed by atoms with E-state index in [0.717, 1.165) is 24.9 Å². The second-order valence-corrected chi connectivity index (χ2v) is 8.28. The van der Waals surface area contributed by atoms with Gasteiger partial charge in [0, 0.05) is 17.5 Å². The van der Waals surface area contributed by atoms with Gasteiger partial charge in [-0.2, -0.15) is 14.8 Å². The lowest BCUT2D eigenvalue weighted by molar-refractivity contribution is 0.358. The highest BCUT2D eigenvalue weighted by atomic mass is 35.5. The first-order chi connectivity index (χ1) is 13.9. The van der Waals surface area contributed by atoms with Crippen LogP contribution in [0.5, 0.6) is 0 Å². The van der Waals surface area contributed by atoms with Crippen LogP contribution in [0.4, 0.5) is 5.69 Å². The van der Waals surface area contributed by atoms with Crippen molar-refractivity contribution in [2.45, 2.75) is 45.6 Å². The first kappa shape index (κ1) is 19.9. The summed E-state index contributed by atoms with van der Waals surface area (Å²) in [4.78, 5) is 19.5. The smallest absolute Gasteiger partial charge is 0.292 e. The zero-order valence-electron chi connectivity index (χ0n) is 16.4. The van der Waals surface area contributed by atoms with E-state index in [1.54, 1.807) is 18.3 Å². The van der Waals surface area contributed by atoms with Crippen LogP contribution in [0, 0.1) is 6.92 Å². The predicted octanol–water partition coefficient (Wildman–Crippen LogP) is 4.70. The summed E-state index contributed by atoms with van der Waals surface area (Å²) in [6.07, 6.45) is 3.40. The van der Waals surface area contributed by atoms with Crippen molar-refractivity contribution in [2.75, 3.05) is 11.4 Å². The van der Waals surface area contributed by atoms with Gasteiger partial charge in [-0.25, -0.2) is 0 Å². The number of aromatic nitrogens is 4. The maximum atomic E-state index is 12.9. The first-order valence-electron chi connectivity index (χ1n) is 9.51. The molecule has 0 spiro atoms. The van der Waals surface area contributed by atoms with E-state index < -0.39 is 5.56 Å². The van der Waals surface area contributed by atoms with Gasteiger partial charge in [0.2, 0.25) is 5.89 Å². The number of halogens is 2. The number of aryl methyl sites for hydroxylation is 1. The van der Waals surface area contributed by atoms with E-state index in [1.165, 1.54) is 4.68 Å². The Morgan fingerprint density at radius 2 is 2.07 bits per heavy atom. The molecule has 9 heteroatoms. The summed E-state index contributed by atoms with van der Waals surface area (Å²) in [5, 5.41) is 9.15. The van der Waals surface area contributed by atoms with Crippen LogP contribution in [0.1, 0.15) is 55.9 Å². The Kier molecular flexibility index (Phi) is 5.36. The van der Waals surface area contributed by atoms with E-state index in [-0.39, 0.29) is 17.0 Å². The van der Waals surface area contributed by atoms with E-state index in [0.29, 0.717) is 28.1 Å². The molecule has 1 aromatic carbocycles. The van der Waals surface area contributed by atoms with Gasteiger partial charge in [-0.3, -0.25) is 4.79 Å². The van der Waals surface area contributed by atoms with Crippen LogP contribution >= 0.6 is 23.2 Å². The summed E-state index contributed by atoms with van der Waals surface area (Å²) in [6.45, 7) is 6.63. The number of anilines is 1. The van der Waals surface area contributed by atoms with Crippen LogP contribution in [-0.2, 0) is 0 Å². The average molecular weight is 434 g/mol. The molecule has 0 N–H and O–H groups in total. The lowest BCUT2D eigenvalue weighted by atomic mass is 10.2.